The first-order valence-corrected chi connectivity index (χ1v) is 20.6. The highest BCUT2D eigenvalue weighted by atomic mass is 35.5. The molecule has 4 amide bonds. The molecule has 3 fully saturated rings. The average molecular weight is 827 g/mol. The standard InChI is InChI=1S/C43H48ClFN8O6/c1-25-21-51(29-6-7-30-31(18-29)43(57)53(42(30)56)36-9-10-39(54)49-41(36)55)22-26(2)52(25)23-27-11-14-50(15-12-27)13-4-16-59-38-19-32-35(20-37(38)58-3)46-24-47-40(32)48-28-5-8-34(45)33(44)17-28/h5-8,17-20,24-27,36H,4,9-16,21-23H2,1-3H3,(H,46,47,48)(H,49,54,55). The first-order valence-electron chi connectivity index (χ1n) is 20.2. The molecule has 0 aliphatic carbocycles. The van der Waals surface area contributed by atoms with E-state index in [9.17, 15) is 23.6 Å². The fraction of sp³-hybridized carbons (Fsp3) is 0.442. The van der Waals surface area contributed by atoms with Crippen LogP contribution in [0.4, 0.5) is 21.6 Å². The summed E-state index contributed by atoms with van der Waals surface area (Å²) in [6.07, 6.45) is 4.77. The zero-order valence-corrected chi connectivity index (χ0v) is 34.1. The molecular weight excluding hydrogens is 779 g/mol. The van der Waals surface area contributed by atoms with Crippen LogP contribution >= 0.6 is 11.6 Å². The number of anilines is 3. The Labute approximate surface area is 347 Å². The van der Waals surface area contributed by atoms with Crippen LogP contribution in [-0.2, 0) is 9.59 Å². The van der Waals surface area contributed by atoms with E-state index in [1.807, 2.05) is 18.2 Å². The van der Waals surface area contributed by atoms with Gasteiger partial charge in [-0.05, 0) is 101 Å². The van der Waals surface area contributed by atoms with Crippen molar-refractivity contribution >= 4 is 63.3 Å². The number of aromatic nitrogens is 2. The molecule has 0 bridgehead atoms. The molecular formula is C43H48ClFN8O6. The second kappa shape index (κ2) is 17.1. The molecule has 4 aromatic rings. The van der Waals surface area contributed by atoms with Crippen molar-refractivity contribution in [1.29, 1.82) is 0 Å². The number of carbonyl (C=O) groups is 4. The zero-order chi connectivity index (χ0) is 41.4. The molecule has 3 saturated heterocycles. The normalized spacial score (nSPS) is 21.9. The van der Waals surface area contributed by atoms with E-state index in [4.69, 9.17) is 21.1 Å². The van der Waals surface area contributed by atoms with Crippen LogP contribution in [0.25, 0.3) is 10.9 Å². The molecule has 4 aliphatic rings. The Morgan fingerprint density at radius 2 is 1.68 bits per heavy atom. The van der Waals surface area contributed by atoms with Crippen LogP contribution in [0, 0.1) is 11.7 Å². The maximum absolute atomic E-state index is 13.7. The van der Waals surface area contributed by atoms with Crippen molar-refractivity contribution in [3.63, 3.8) is 0 Å². The third-order valence-electron chi connectivity index (χ3n) is 12.0. The van der Waals surface area contributed by atoms with Crippen molar-refractivity contribution in [3.8, 4) is 11.5 Å². The Morgan fingerprint density at radius 3 is 2.41 bits per heavy atom. The van der Waals surface area contributed by atoms with Crippen LogP contribution in [-0.4, -0.2) is 119 Å². The van der Waals surface area contributed by atoms with Gasteiger partial charge in [0.15, 0.2) is 11.5 Å². The largest absolute Gasteiger partial charge is 0.493 e. The van der Waals surface area contributed by atoms with E-state index in [-0.39, 0.29) is 29.9 Å². The summed E-state index contributed by atoms with van der Waals surface area (Å²) in [6, 6.07) is 13.0. The summed E-state index contributed by atoms with van der Waals surface area (Å²) in [6.45, 7) is 10.6. The molecule has 0 radical (unpaired) electrons. The van der Waals surface area contributed by atoms with Gasteiger partial charge in [0.05, 0.1) is 35.4 Å². The van der Waals surface area contributed by atoms with Crippen molar-refractivity contribution in [1.82, 2.24) is 30.0 Å². The fourth-order valence-corrected chi connectivity index (χ4v) is 9.07. The fourth-order valence-electron chi connectivity index (χ4n) is 8.89. The van der Waals surface area contributed by atoms with Crippen LogP contribution in [0.2, 0.25) is 5.02 Å². The van der Waals surface area contributed by atoms with Gasteiger partial charge in [-0.1, -0.05) is 11.6 Å². The van der Waals surface area contributed by atoms with Crippen molar-refractivity contribution in [2.75, 3.05) is 63.2 Å². The second-order valence-corrected chi connectivity index (χ2v) is 16.4. The number of piperazine rings is 1. The number of amides is 4. The maximum atomic E-state index is 13.7. The Balaban J connectivity index is 0.806. The highest BCUT2D eigenvalue weighted by Crippen LogP contribution is 2.36. The topological polar surface area (TPSA) is 150 Å². The molecule has 3 unspecified atom stereocenters. The van der Waals surface area contributed by atoms with Crippen molar-refractivity contribution < 1.29 is 33.0 Å². The number of nitrogens with zero attached hydrogens (tertiary/aromatic N) is 6. The molecule has 4 aliphatic heterocycles. The highest BCUT2D eigenvalue weighted by molar-refractivity contribution is 6.31. The van der Waals surface area contributed by atoms with E-state index < -0.39 is 35.5 Å². The number of hydrogen-bond donors (Lipinski definition) is 2. The van der Waals surface area contributed by atoms with Crippen molar-refractivity contribution in [3.05, 3.63) is 76.8 Å². The molecule has 5 heterocycles. The van der Waals surface area contributed by atoms with Gasteiger partial charge in [0.1, 0.15) is 24.0 Å². The van der Waals surface area contributed by atoms with Gasteiger partial charge in [0.25, 0.3) is 11.8 Å². The van der Waals surface area contributed by atoms with E-state index in [1.54, 1.807) is 25.3 Å². The molecule has 3 atom stereocenters. The number of likely N-dealkylation sites (tertiary alicyclic amines) is 1. The minimum Gasteiger partial charge on any atom is -0.493 e. The molecule has 2 N–H and O–H groups in total. The lowest BCUT2D eigenvalue weighted by Gasteiger charge is -2.47. The van der Waals surface area contributed by atoms with Crippen molar-refractivity contribution in [2.24, 2.45) is 5.92 Å². The Morgan fingerprint density at radius 1 is 0.915 bits per heavy atom. The number of ether oxygens (including phenoxy) is 2. The summed E-state index contributed by atoms with van der Waals surface area (Å²) in [5.74, 6) is -0.172. The number of methoxy groups -OCH3 is 1. The van der Waals surface area contributed by atoms with E-state index in [0.717, 1.165) is 74.5 Å². The summed E-state index contributed by atoms with van der Waals surface area (Å²) in [7, 11) is 1.60. The molecule has 0 spiro atoms. The Hall–Kier alpha value is -5.38. The van der Waals surface area contributed by atoms with Crippen LogP contribution in [0.1, 0.15) is 66.7 Å². The third kappa shape index (κ3) is 8.41. The van der Waals surface area contributed by atoms with Crippen molar-refractivity contribution in [2.45, 2.75) is 64.1 Å². The summed E-state index contributed by atoms with van der Waals surface area (Å²) in [4.78, 5) is 68.0. The number of hydrogen-bond acceptors (Lipinski definition) is 12. The number of carbonyl (C=O) groups excluding carboxylic acids is 4. The molecule has 8 rings (SSSR count). The lowest BCUT2D eigenvalue weighted by Crippen LogP contribution is -2.58. The van der Waals surface area contributed by atoms with Gasteiger partial charge >= 0.3 is 0 Å². The Kier molecular flexibility index (Phi) is 11.7. The zero-order valence-electron chi connectivity index (χ0n) is 33.4. The number of rotatable bonds is 12. The molecule has 310 valence electrons. The van der Waals surface area contributed by atoms with E-state index in [2.05, 4.69) is 49.1 Å². The summed E-state index contributed by atoms with van der Waals surface area (Å²) in [5, 5.41) is 6.20. The summed E-state index contributed by atoms with van der Waals surface area (Å²) in [5.41, 5.74) is 2.75. The molecule has 3 aromatic carbocycles. The smallest absolute Gasteiger partial charge is 0.262 e. The lowest BCUT2D eigenvalue weighted by molar-refractivity contribution is -0.136. The van der Waals surface area contributed by atoms with E-state index in [0.29, 0.717) is 52.2 Å². The number of benzene rings is 3. The lowest BCUT2D eigenvalue weighted by atomic mass is 9.94. The molecule has 16 heteroatoms. The second-order valence-electron chi connectivity index (χ2n) is 16.0. The predicted molar refractivity (Wildman–Crippen MR) is 221 cm³/mol. The van der Waals surface area contributed by atoms with Gasteiger partial charge in [-0.15, -0.1) is 0 Å². The monoisotopic (exact) mass is 826 g/mol. The van der Waals surface area contributed by atoms with Gasteiger partial charge in [-0.3, -0.25) is 34.3 Å². The number of imide groups is 2. The number of nitrogens with one attached hydrogen (secondary N) is 2. The van der Waals surface area contributed by atoms with Gasteiger partial charge in [0, 0.05) is 67.5 Å². The van der Waals surface area contributed by atoms with E-state index >= 15 is 0 Å². The number of piperidine rings is 2. The summed E-state index contributed by atoms with van der Waals surface area (Å²) >= 11 is 5.99. The van der Waals surface area contributed by atoms with Gasteiger partial charge in [-0.2, -0.15) is 0 Å². The third-order valence-corrected chi connectivity index (χ3v) is 12.3. The van der Waals surface area contributed by atoms with Crippen LogP contribution < -0.4 is 25.0 Å². The quantitative estimate of drug-likeness (QED) is 0.134. The number of fused-ring (bicyclic) bond motifs is 2. The predicted octanol–water partition coefficient (Wildman–Crippen LogP) is 5.66. The minimum atomic E-state index is -0.980. The SMILES string of the molecule is COc1cc2ncnc(Nc3ccc(F)c(Cl)c3)c2cc1OCCCN1CCC(CN2C(C)CN(c3ccc4c(c3)C(=O)N(C3CCC(=O)NC3=O)C4=O)CC2C)CC1. The van der Waals surface area contributed by atoms with Gasteiger partial charge in [-0.25, -0.2) is 14.4 Å². The maximum Gasteiger partial charge on any atom is 0.262 e. The summed E-state index contributed by atoms with van der Waals surface area (Å²) < 4.78 is 25.6. The Bertz CT molecular complexity index is 2280. The highest BCUT2D eigenvalue weighted by Gasteiger charge is 2.45. The minimum absolute atomic E-state index is 0.0151. The molecule has 59 heavy (non-hydrogen) atoms. The average Bonchev–Trinajstić information content (AvgIpc) is 3.47. The number of halogens is 2. The molecule has 1 aromatic heterocycles. The van der Waals surface area contributed by atoms with Crippen LogP contribution in [0.3, 0.4) is 0 Å². The van der Waals surface area contributed by atoms with Gasteiger partial charge in [0.2, 0.25) is 11.8 Å². The first-order chi connectivity index (χ1) is 28.5. The van der Waals surface area contributed by atoms with Gasteiger partial charge < -0.3 is 24.6 Å². The first kappa shape index (κ1) is 40.4. The molecule has 14 nitrogen and oxygen atoms in total. The van der Waals surface area contributed by atoms with E-state index in [1.165, 1.54) is 18.5 Å². The van der Waals surface area contributed by atoms with Crippen LogP contribution in [0.15, 0.2) is 54.9 Å². The molecule has 0 saturated carbocycles. The van der Waals surface area contributed by atoms with Crippen LogP contribution in [0.5, 0.6) is 11.5 Å².